The maximum atomic E-state index is 11.3. The normalized spacial score (nSPS) is 20.9. The van der Waals surface area contributed by atoms with Gasteiger partial charge in [-0.1, -0.05) is 12.1 Å². The van der Waals surface area contributed by atoms with Crippen LogP contribution in [0.4, 0.5) is 11.4 Å². The van der Waals surface area contributed by atoms with E-state index in [9.17, 15) is 4.79 Å². The molecule has 3 nitrogen and oxygen atoms in total. The molecule has 0 fully saturated rings. The molecule has 0 spiro atoms. The molecule has 0 saturated heterocycles. The van der Waals surface area contributed by atoms with Gasteiger partial charge < -0.3 is 10.6 Å². The standard InChI is InChI=1S/C9H9N2O.Al/c12-9-5-6-10-7-3-1-2-4-8(7)11-9;/h1-4,6,10H,5H2,(H,11,12);. The minimum absolute atomic E-state index is 0.0532. The van der Waals surface area contributed by atoms with Crippen molar-refractivity contribution in [2.75, 3.05) is 10.6 Å². The van der Waals surface area contributed by atoms with Crippen LogP contribution >= 0.6 is 0 Å². The van der Waals surface area contributed by atoms with Crippen LogP contribution in [0.25, 0.3) is 0 Å². The van der Waals surface area contributed by atoms with Gasteiger partial charge >= 0.3 is 0 Å². The molecule has 1 aliphatic heterocycles. The lowest BCUT2D eigenvalue weighted by Crippen LogP contribution is -2.22. The predicted octanol–water partition coefficient (Wildman–Crippen LogP) is 0.935. The van der Waals surface area contributed by atoms with Crippen molar-refractivity contribution in [2.45, 2.75) is 11.3 Å². The molecule has 4 heteroatoms. The van der Waals surface area contributed by atoms with E-state index in [4.69, 9.17) is 0 Å². The van der Waals surface area contributed by atoms with Gasteiger partial charge in [0.25, 0.3) is 0 Å². The molecule has 1 atom stereocenters. The molecule has 1 aromatic carbocycles. The lowest BCUT2D eigenvalue weighted by atomic mass is 10.2. The van der Waals surface area contributed by atoms with E-state index in [0.717, 1.165) is 11.4 Å². The van der Waals surface area contributed by atoms with E-state index in [1.54, 1.807) is 0 Å². The SMILES string of the molecule is O=C1C[CH]([Al])Nc2ccccc2N1. The van der Waals surface area contributed by atoms with Crippen molar-refractivity contribution in [3.05, 3.63) is 24.3 Å². The van der Waals surface area contributed by atoms with Crippen LogP contribution in [0.5, 0.6) is 0 Å². The highest BCUT2D eigenvalue weighted by Crippen LogP contribution is 2.24. The molecular weight excluding hydrogens is 179 g/mol. The average Bonchev–Trinajstić information content (AvgIpc) is 2.20. The Morgan fingerprint density at radius 2 is 2.00 bits per heavy atom. The summed E-state index contributed by atoms with van der Waals surface area (Å²) in [6.45, 7) is 0. The van der Waals surface area contributed by atoms with Gasteiger partial charge in [0.2, 0.25) is 5.91 Å². The summed E-state index contributed by atoms with van der Waals surface area (Å²) in [7, 11) is 0. The number of benzene rings is 1. The van der Waals surface area contributed by atoms with Crippen molar-refractivity contribution < 1.29 is 4.79 Å². The van der Waals surface area contributed by atoms with Crippen LogP contribution in [0.2, 0.25) is 0 Å². The topological polar surface area (TPSA) is 41.1 Å². The van der Waals surface area contributed by atoms with Gasteiger partial charge in [-0.05, 0) is 17.0 Å². The third-order valence-corrected chi connectivity index (χ3v) is 2.35. The second-order valence-corrected chi connectivity index (χ2v) is 3.85. The Hall–Kier alpha value is -0.978. The zero-order valence-electron chi connectivity index (χ0n) is 7.08. The number of hydrogen-bond acceptors (Lipinski definition) is 2. The fourth-order valence-electron chi connectivity index (χ4n) is 1.37. The van der Waals surface area contributed by atoms with E-state index >= 15 is 0 Å². The van der Waals surface area contributed by atoms with Gasteiger partial charge in [0.1, 0.15) is 0 Å². The summed E-state index contributed by atoms with van der Waals surface area (Å²) in [5, 5.41) is 6.07. The molecule has 64 valence electrons. The maximum Gasteiger partial charge on any atom is 0.225 e. The molecular formula is C9H9AlN2O. The number of para-hydroxylation sites is 2. The highest BCUT2D eigenvalue weighted by Gasteiger charge is 2.15. The molecule has 0 bridgehead atoms. The Balaban J connectivity index is 2.38. The predicted molar refractivity (Wildman–Crippen MR) is 52.9 cm³/mol. The Kier molecular flexibility index (Phi) is 2.26. The van der Waals surface area contributed by atoms with Crippen LogP contribution in [0.15, 0.2) is 24.3 Å². The summed E-state index contributed by atoms with van der Waals surface area (Å²) < 4.78 is 0. The molecule has 13 heavy (non-hydrogen) atoms. The lowest BCUT2D eigenvalue weighted by molar-refractivity contribution is -0.116. The second kappa shape index (κ2) is 3.41. The highest BCUT2D eigenvalue weighted by molar-refractivity contribution is 6.16. The number of anilines is 2. The van der Waals surface area contributed by atoms with Crippen molar-refractivity contribution in [3.63, 3.8) is 0 Å². The van der Waals surface area contributed by atoms with E-state index in [-0.39, 0.29) is 10.8 Å². The van der Waals surface area contributed by atoms with Gasteiger partial charge in [-0.3, -0.25) is 4.79 Å². The molecule has 0 aliphatic carbocycles. The van der Waals surface area contributed by atoms with E-state index in [2.05, 4.69) is 26.9 Å². The van der Waals surface area contributed by atoms with E-state index < -0.39 is 0 Å². The molecule has 2 radical (unpaired) electrons. The summed E-state index contributed by atoms with van der Waals surface area (Å²) in [6.07, 6.45) is 0.485. The largest absolute Gasteiger partial charge is 0.396 e. The Morgan fingerprint density at radius 1 is 1.31 bits per heavy atom. The number of carbonyl (C=O) groups excluding carboxylic acids is 1. The molecule has 1 amide bonds. The fraction of sp³-hybridized carbons (Fsp3) is 0.222. The highest BCUT2D eigenvalue weighted by atomic mass is 27.0. The molecule has 0 saturated carbocycles. The first kappa shape index (κ1) is 8.61. The smallest absolute Gasteiger partial charge is 0.225 e. The van der Waals surface area contributed by atoms with E-state index in [1.165, 1.54) is 0 Å². The third kappa shape index (κ3) is 1.85. The second-order valence-electron chi connectivity index (χ2n) is 3.05. The quantitative estimate of drug-likeness (QED) is 0.595. The van der Waals surface area contributed by atoms with Crippen LogP contribution in [0.1, 0.15) is 6.42 Å². The van der Waals surface area contributed by atoms with Crippen molar-refractivity contribution in [1.29, 1.82) is 0 Å². The zero-order chi connectivity index (χ0) is 9.26. The summed E-state index contributed by atoms with van der Waals surface area (Å²) in [5.74, 6) is 0.0532. The summed E-state index contributed by atoms with van der Waals surface area (Å²) >= 11 is 2.61. The molecule has 2 rings (SSSR count). The van der Waals surface area contributed by atoms with Crippen LogP contribution in [-0.4, -0.2) is 27.1 Å². The summed E-state index contributed by atoms with van der Waals surface area (Å²) in [5.41, 5.74) is 1.84. The van der Waals surface area contributed by atoms with Crippen LogP contribution < -0.4 is 10.6 Å². The Labute approximate surface area is 84.9 Å². The van der Waals surface area contributed by atoms with Gasteiger partial charge in [-0.2, -0.15) is 0 Å². The van der Waals surface area contributed by atoms with E-state index in [1.807, 2.05) is 24.3 Å². The first-order chi connectivity index (χ1) is 6.25. The van der Waals surface area contributed by atoms with Gasteiger partial charge in [-0.15, -0.1) is 0 Å². The lowest BCUT2D eigenvalue weighted by Gasteiger charge is -2.11. The summed E-state index contributed by atoms with van der Waals surface area (Å²) in [4.78, 5) is 11.4. The minimum Gasteiger partial charge on any atom is -0.396 e. The molecule has 1 aliphatic rings. The van der Waals surface area contributed by atoms with Crippen LogP contribution in [0.3, 0.4) is 0 Å². The van der Waals surface area contributed by atoms with Gasteiger partial charge in [-0.25, -0.2) is 0 Å². The third-order valence-electron chi connectivity index (χ3n) is 1.95. The Morgan fingerprint density at radius 3 is 2.77 bits per heavy atom. The van der Waals surface area contributed by atoms with Gasteiger partial charge in [0, 0.05) is 6.42 Å². The molecule has 0 aromatic heterocycles. The molecule has 1 aromatic rings. The molecule has 1 heterocycles. The Bertz CT molecular complexity index is 340. The van der Waals surface area contributed by atoms with Crippen molar-refractivity contribution in [3.8, 4) is 0 Å². The number of amides is 1. The van der Waals surface area contributed by atoms with Crippen molar-refractivity contribution in [1.82, 2.24) is 0 Å². The number of fused-ring (bicyclic) bond motifs is 1. The number of rotatable bonds is 0. The number of hydrogen-bond donors (Lipinski definition) is 2. The fourth-order valence-corrected chi connectivity index (χ4v) is 1.76. The maximum absolute atomic E-state index is 11.3. The first-order valence-corrected chi connectivity index (χ1v) is 4.83. The molecule has 1 unspecified atom stereocenters. The number of nitrogens with one attached hydrogen (secondary N) is 2. The van der Waals surface area contributed by atoms with Crippen LogP contribution in [0, 0.1) is 0 Å². The van der Waals surface area contributed by atoms with Crippen molar-refractivity contribution >= 4 is 33.6 Å². The van der Waals surface area contributed by atoms with Gasteiger partial charge in [0.05, 0.1) is 11.4 Å². The van der Waals surface area contributed by atoms with Gasteiger partial charge in [0.15, 0.2) is 16.3 Å². The minimum atomic E-state index is 0.0532. The van der Waals surface area contributed by atoms with E-state index in [0.29, 0.717) is 6.42 Å². The zero-order valence-corrected chi connectivity index (χ0v) is 8.23. The first-order valence-electron chi connectivity index (χ1n) is 4.17. The molecule has 2 N–H and O–H groups in total. The number of carbonyl (C=O) groups is 1. The average molecular weight is 188 g/mol. The van der Waals surface area contributed by atoms with Crippen molar-refractivity contribution in [2.24, 2.45) is 0 Å². The van der Waals surface area contributed by atoms with Crippen LogP contribution in [-0.2, 0) is 4.79 Å². The monoisotopic (exact) mass is 188 g/mol. The summed E-state index contributed by atoms with van der Waals surface area (Å²) in [6, 6.07) is 7.70.